The molecule has 0 saturated heterocycles. The average molecular weight is 268 g/mol. The third-order valence-corrected chi connectivity index (χ3v) is 3.01. The summed E-state index contributed by atoms with van der Waals surface area (Å²) in [4.78, 5) is 1.49. The lowest BCUT2D eigenvalue weighted by Crippen LogP contribution is -2.49. The van der Waals surface area contributed by atoms with Gasteiger partial charge < -0.3 is 5.32 Å². The summed E-state index contributed by atoms with van der Waals surface area (Å²) < 4.78 is 37.5. The van der Waals surface area contributed by atoms with Gasteiger partial charge in [0.1, 0.15) is 0 Å². The second kappa shape index (κ2) is 8.00. The largest absolute Gasteiger partial charge is 0.401 e. The van der Waals surface area contributed by atoms with Gasteiger partial charge in [0.15, 0.2) is 0 Å². The maximum absolute atomic E-state index is 12.5. The van der Waals surface area contributed by atoms with Gasteiger partial charge >= 0.3 is 6.18 Å². The molecule has 0 aromatic carbocycles. The van der Waals surface area contributed by atoms with Crippen LogP contribution in [0.4, 0.5) is 13.2 Å². The van der Waals surface area contributed by atoms with Gasteiger partial charge in [-0.3, -0.25) is 4.90 Å². The summed E-state index contributed by atoms with van der Waals surface area (Å²) >= 11 is 0. The van der Waals surface area contributed by atoms with Crippen LogP contribution >= 0.6 is 0 Å². The minimum atomic E-state index is -4.13. The fourth-order valence-electron chi connectivity index (χ4n) is 1.78. The van der Waals surface area contributed by atoms with Crippen LogP contribution in [0.15, 0.2) is 0 Å². The second-order valence-electron chi connectivity index (χ2n) is 5.44. The molecular formula is C13H27F3N2. The Balaban J connectivity index is 4.51. The molecule has 1 unspecified atom stereocenters. The van der Waals surface area contributed by atoms with Gasteiger partial charge in [-0.05, 0) is 32.7 Å². The number of hydrogen-bond donors (Lipinski definition) is 1. The van der Waals surface area contributed by atoms with Gasteiger partial charge in [-0.1, -0.05) is 20.8 Å². The molecule has 0 aliphatic carbocycles. The first kappa shape index (κ1) is 17.7. The molecular weight excluding hydrogens is 241 g/mol. The molecule has 0 aromatic rings. The molecule has 0 aliphatic rings. The maximum Gasteiger partial charge on any atom is 0.401 e. The number of alkyl halides is 3. The lowest BCUT2D eigenvalue weighted by Gasteiger charge is -2.33. The van der Waals surface area contributed by atoms with Gasteiger partial charge in [-0.25, -0.2) is 0 Å². The molecule has 1 atom stereocenters. The molecule has 0 spiro atoms. The molecule has 0 bridgehead atoms. The zero-order chi connectivity index (χ0) is 14.3. The van der Waals surface area contributed by atoms with Crippen molar-refractivity contribution in [1.82, 2.24) is 10.2 Å². The molecule has 0 saturated carbocycles. The minimum Gasteiger partial charge on any atom is -0.312 e. The normalized spacial score (nSPS) is 14.8. The van der Waals surface area contributed by atoms with Crippen molar-refractivity contribution in [3.8, 4) is 0 Å². The van der Waals surface area contributed by atoms with Crippen molar-refractivity contribution in [3.63, 3.8) is 0 Å². The minimum absolute atomic E-state index is 0.101. The van der Waals surface area contributed by atoms with Crippen LogP contribution in [0.3, 0.4) is 0 Å². The summed E-state index contributed by atoms with van der Waals surface area (Å²) in [6.45, 7) is 10.2. The van der Waals surface area contributed by atoms with Crippen LogP contribution in [-0.4, -0.2) is 42.8 Å². The molecule has 0 rings (SSSR count). The summed E-state index contributed by atoms with van der Waals surface area (Å²) in [7, 11) is 0. The van der Waals surface area contributed by atoms with Crippen molar-refractivity contribution in [2.24, 2.45) is 5.92 Å². The van der Waals surface area contributed by atoms with Crippen molar-refractivity contribution in [2.75, 3.05) is 19.6 Å². The molecule has 0 aromatic heterocycles. The molecule has 5 heteroatoms. The Morgan fingerprint density at radius 1 is 1.11 bits per heavy atom. The van der Waals surface area contributed by atoms with Crippen LogP contribution in [0, 0.1) is 5.92 Å². The standard InChI is InChI=1S/C13H27F3N2/c1-6-7-17-12(10(2)3)8-18(11(4)5)9-13(14,15)16/h10-12,17H,6-9H2,1-5H3. The number of rotatable bonds is 8. The summed E-state index contributed by atoms with van der Waals surface area (Å²) in [5, 5.41) is 3.33. The fourth-order valence-corrected chi connectivity index (χ4v) is 1.78. The highest BCUT2D eigenvalue weighted by molar-refractivity contribution is 4.78. The van der Waals surface area contributed by atoms with E-state index in [-0.39, 0.29) is 12.1 Å². The van der Waals surface area contributed by atoms with E-state index in [9.17, 15) is 13.2 Å². The fraction of sp³-hybridized carbons (Fsp3) is 1.00. The molecule has 0 radical (unpaired) electrons. The van der Waals surface area contributed by atoms with E-state index in [1.54, 1.807) is 0 Å². The topological polar surface area (TPSA) is 15.3 Å². The zero-order valence-electron chi connectivity index (χ0n) is 12.1. The van der Waals surface area contributed by atoms with E-state index >= 15 is 0 Å². The first-order valence-corrected chi connectivity index (χ1v) is 6.71. The third-order valence-electron chi connectivity index (χ3n) is 3.01. The highest BCUT2D eigenvalue weighted by Crippen LogP contribution is 2.19. The summed E-state index contributed by atoms with van der Waals surface area (Å²) in [6, 6.07) is 0.00556. The Bertz CT molecular complexity index is 215. The van der Waals surface area contributed by atoms with Gasteiger partial charge in [0, 0.05) is 18.6 Å². The average Bonchev–Trinajstić information content (AvgIpc) is 2.19. The number of hydrogen-bond acceptors (Lipinski definition) is 2. The van der Waals surface area contributed by atoms with Gasteiger partial charge in [0.25, 0.3) is 0 Å². The molecule has 0 heterocycles. The molecule has 0 fully saturated rings. The van der Waals surface area contributed by atoms with Crippen LogP contribution in [0.5, 0.6) is 0 Å². The van der Waals surface area contributed by atoms with Gasteiger partial charge in [0.05, 0.1) is 6.54 Å². The molecule has 2 nitrogen and oxygen atoms in total. The molecule has 0 amide bonds. The Morgan fingerprint density at radius 3 is 2.00 bits per heavy atom. The monoisotopic (exact) mass is 268 g/mol. The Kier molecular flexibility index (Phi) is 7.87. The van der Waals surface area contributed by atoms with Crippen molar-refractivity contribution >= 4 is 0 Å². The van der Waals surface area contributed by atoms with E-state index in [1.165, 1.54) is 4.90 Å². The van der Waals surface area contributed by atoms with Gasteiger partial charge in [0.2, 0.25) is 0 Å². The molecule has 0 aliphatic heterocycles. The first-order valence-electron chi connectivity index (χ1n) is 6.71. The number of nitrogens with one attached hydrogen (secondary N) is 1. The third kappa shape index (κ3) is 7.93. The smallest absolute Gasteiger partial charge is 0.312 e. The lowest BCUT2D eigenvalue weighted by molar-refractivity contribution is -0.150. The van der Waals surface area contributed by atoms with Crippen LogP contribution in [0.1, 0.15) is 41.0 Å². The van der Waals surface area contributed by atoms with Gasteiger partial charge in [-0.15, -0.1) is 0 Å². The van der Waals surface area contributed by atoms with Crippen LogP contribution in [0.2, 0.25) is 0 Å². The SMILES string of the molecule is CCCNC(CN(CC(F)(F)F)C(C)C)C(C)C. The van der Waals surface area contributed by atoms with Crippen molar-refractivity contribution in [3.05, 3.63) is 0 Å². The van der Waals surface area contributed by atoms with Crippen LogP contribution < -0.4 is 5.32 Å². The van der Waals surface area contributed by atoms with E-state index in [2.05, 4.69) is 12.2 Å². The van der Waals surface area contributed by atoms with Crippen molar-refractivity contribution in [1.29, 1.82) is 0 Å². The molecule has 18 heavy (non-hydrogen) atoms. The number of halogens is 3. The Hall–Kier alpha value is -0.290. The van der Waals surface area contributed by atoms with Crippen molar-refractivity contribution in [2.45, 2.75) is 59.3 Å². The highest BCUT2D eigenvalue weighted by atomic mass is 19.4. The summed E-state index contributed by atoms with van der Waals surface area (Å²) in [5.41, 5.74) is 0. The second-order valence-corrected chi connectivity index (χ2v) is 5.44. The van der Waals surface area contributed by atoms with E-state index in [4.69, 9.17) is 0 Å². The van der Waals surface area contributed by atoms with E-state index in [0.717, 1.165) is 13.0 Å². The van der Waals surface area contributed by atoms with Gasteiger partial charge in [-0.2, -0.15) is 13.2 Å². The number of nitrogens with zero attached hydrogens (tertiary/aromatic N) is 1. The lowest BCUT2D eigenvalue weighted by atomic mass is 10.0. The quantitative estimate of drug-likeness (QED) is 0.726. The van der Waals surface area contributed by atoms with E-state index in [1.807, 2.05) is 27.7 Å². The first-order chi connectivity index (χ1) is 8.17. The maximum atomic E-state index is 12.5. The molecule has 110 valence electrons. The van der Waals surface area contributed by atoms with Crippen LogP contribution in [-0.2, 0) is 0 Å². The highest BCUT2D eigenvalue weighted by Gasteiger charge is 2.33. The predicted octanol–water partition coefficient (Wildman–Crippen LogP) is 3.28. The summed E-state index contributed by atoms with van der Waals surface area (Å²) in [5.74, 6) is 0.325. The Morgan fingerprint density at radius 2 is 1.67 bits per heavy atom. The Labute approximate surface area is 109 Å². The predicted molar refractivity (Wildman–Crippen MR) is 69.7 cm³/mol. The zero-order valence-corrected chi connectivity index (χ0v) is 12.1. The summed E-state index contributed by atoms with van der Waals surface area (Å²) in [6.07, 6.45) is -3.14. The van der Waals surface area contributed by atoms with Crippen molar-refractivity contribution < 1.29 is 13.2 Å². The molecule has 1 N–H and O–H groups in total. The van der Waals surface area contributed by atoms with E-state index < -0.39 is 12.7 Å². The van der Waals surface area contributed by atoms with E-state index in [0.29, 0.717) is 12.5 Å². The van der Waals surface area contributed by atoms with Crippen LogP contribution in [0.25, 0.3) is 0 Å².